The minimum absolute atomic E-state index is 0.250. The minimum Gasteiger partial charge on any atom is -0.495 e. The highest BCUT2D eigenvalue weighted by atomic mass is 35.5. The smallest absolute Gasteiger partial charge is 0.259 e. The second-order valence-corrected chi connectivity index (χ2v) is 7.04. The fourth-order valence-electron chi connectivity index (χ4n) is 2.87. The molecule has 0 fully saturated rings. The maximum absolute atomic E-state index is 12.9. The van der Waals surface area contributed by atoms with E-state index in [9.17, 15) is 9.59 Å². The number of methoxy groups -OCH3 is 1. The highest BCUT2D eigenvalue weighted by Gasteiger charge is 2.16. The van der Waals surface area contributed by atoms with E-state index in [1.807, 2.05) is 31.2 Å². The third-order valence-corrected chi connectivity index (χ3v) is 4.73. The first-order valence-electron chi connectivity index (χ1n) is 9.77. The van der Waals surface area contributed by atoms with Crippen molar-refractivity contribution in [3.63, 3.8) is 0 Å². The first-order chi connectivity index (χ1) is 15.0. The second kappa shape index (κ2) is 10.4. The molecule has 0 aliphatic heterocycles. The summed E-state index contributed by atoms with van der Waals surface area (Å²) in [6.07, 6.45) is 2.42. The normalized spacial score (nSPS) is 10.3. The predicted molar refractivity (Wildman–Crippen MR) is 123 cm³/mol. The van der Waals surface area contributed by atoms with Crippen molar-refractivity contribution in [2.75, 3.05) is 24.3 Å². The quantitative estimate of drug-likeness (QED) is 0.466. The Balaban J connectivity index is 1.78. The van der Waals surface area contributed by atoms with Gasteiger partial charge in [-0.3, -0.25) is 9.59 Å². The molecular weight excluding hydrogens is 416 g/mol. The van der Waals surface area contributed by atoms with Crippen molar-refractivity contribution < 1.29 is 14.3 Å². The van der Waals surface area contributed by atoms with Crippen molar-refractivity contribution in [2.24, 2.45) is 0 Å². The first-order valence-corrected chi connectivity index (χ1v) is 10.2. The Hall–Kier alpha value is -3.58. The Kier molecular flexibility index (Phi) is 7.45. The summed E-state index contributed by atoms with van der Waals surface area (Å²) in [5.41, 5.74) is 1.85. The molecule has 0 aliphatic rings. The zero-order chi connectivity index (χ0) is 22.2. The first kappa shape index (κ1) is 22.1. The highest BCUT2D eigenvalue weighted by molar-refractivity contribution is 6.34. The fraction of sp³-hybridized carbons (Fsp3) is 0.174. The van der Waals surface area contributed by atoms with Crippen molar-refractivity contribution in [1.29, 1.82) is 0 Å². The number of hydrogen-bond donors (Lipinski definition) is 3. The van der Waals surface area contributed by atoms with Crippen molar-refractivity contribution in [1.82, 2.24) is 10.3 Å². The average molecular weight is 439 g/mol. The summed E-state index contributed by atoms with van der Waals surface area (Å²) in [6, 6.07) is 15.4. The second-order valence-electron chi connectivity index (χ2n) is 6.63. The zero-order valence-electron chi connectivity index (χ0n) is 17.2. The monoisotopic (exact) mass is 438 g/mol. The number of halogens is 1. The number of rotatable bonds is 8. The van der Waals surface area contributed by atoms with E-state index >= 15 is 0 Å². The summed E-state index contributed by atoms with van der Waals surface area (Å²) in [6.45, 7) is 2.53. The Morgan fingerprint density at radius 1 is 1.03 bits per heavy atom. The number of aromatic nitrogens is 1. The average Bonchev–Trinajstić information content (AvgIpc) is 2.78. The van der Waals surface area contributed by atoms with Crippen molar-refractivity contribution >= 4 is 40.6 Å². The van der Waals surface area contributed by atoms with Crippen LogP contribution in [0.4, 0.5) is 17.2 Å². The molecule has 0 aliphatic carbocycles. The Morgan fingerprint density at radius 3 is 2.58 bits per heavy atom. The topological polar surface area (TPSA) is 92.4 Å². The van der Waals surface area contributed by atoms with Crippen LogP contribution in [0.2, 0.25) is 5.02 Å². The molecule has 0 saturated carbocycles. The zero-order valence-corrected chi connectivity index (χ0v) is 18.0. The summed E-state index contributed by atoms with van der Waals surface area (Å²) in [4.78, 5) is 29.3. The number of ether oxygens (including phenoxy) is 1. The standard InChI is InChI=1S/C23H23ClN4O3/c1-3-12-26-22(29)16-11-10-15(14-18(16)24)27-23(30)17-7-6-13-25-21(17)28-19-8-4-5-9-20(19)31-2/h4-11,13-14H,3,12H2,1-2H3,(H,25,28)(H,26,29)(H,27,30). The van der Waals surface area contributed by atoms with E-state index in [2.05, 4.69) is 20.9 Å². The van der Waals surface area contributed by atoms with Gasteiger partial charge in [0.2, 0.25) is 0 Å². The molecule has 7 nitrogen and oxygen atoms in total. The highest BCUT2D eigenvalue weighted by Crippen LogP contribution is 2.28. The van der Waals surface area contributed by atoms with Gasteiger partial charge in [0.15, 0.2) is 0 Å². The Bertz CT molecular complexity index is 1090. The number of pyridine rings is 1. The van der Waals surface area contributed by atoms with Gasteiger partial charge in [0.25, 0.3) is 11.8 Å². The number of hydrogen-bond acceptors (Lipinski definition) is 5. The number of carbonyl (C=O) groups excluding carboxylic acids is 2. The van der Waals surface area contributed by atoms with Gasteiger partial charge in [-0.1, -0.05) is 30.7 Å². The molecule has 0 spiro atoms. The van der Waals surface area contributed by atoms with Gasteiger partial charge in [0, 0.05) is 18.4 Å². The van der Waals surface area contributed by atoms with Gasteiger partial charge in [0.05, 0.1) is 28.9 Å². The van der Waals surface area contributed by atoms with Gasteiger partial charge in [-0.15, -0.1) is 0 Å². The van der Waals surface area contributed by atoms with Crippen LogP contribution < -0.4 is 20.7 Å². The summed E-state index contributed by atoms with van der Waals surface area (Å²) in [7, 11) is 1.57. The van der Waals surface area contributed by atoms with Crippen LogP contribution in [-0.4, -0.2) is 30.5 Å². The van der Waals surface area contributed by atoms with E-state index in [0.717, 1.165) is 6.42 Å². The lowest BCUT2D eigenvalue weighted by Crippen LogP contribution is -2.24. The van der Waals surface area contributed by atoms with Gasteiger partial charge in [-0.2, -0.15) is 0 Å². The molecule has 2 aromatic carbocycles. The van der Waals surface area contributed by atoms with Crippen LogP contribution >= 0.6 is 11.6 Å². The van der Waals surface area contributed by atoms with Crippen molar-refractivity contribution in [3.8, 4) is 5.75 Å². The summed E-state index contributed by atoms with van der Waals surface area (Å²) in [5.74, 6) is 0.388. The van der Waals surface area contributed by atoms with Crippen molar-refractivity contribution in [2.45, 2.75) is 13.3 Å². The maximum Gasteiger partial charge on any atom is 0.259 e. The molecule has 160 valence electrons. The molecule has 1 aromatic heterocycles. The molecule has 1 heterocycles. The van der Waals surface area contributed by atoms with Gasteiger partial charge in [0.1, 0.15) is 11.6 Å². The van der Waals surface area contributed by atoms with Crippen LogP contribution in [0.5, 0.6) is 5.75 Å². The lowest BCUT2D eigenvalue weighted by atomic mass is 10.1. The lowest BCUT2D eigenvalue weighted by molar-refractivity contribution is 0.0953. The SMILES string of the molecule is CCCNC(=O)c1ccc(NC(=O)c2cccnc2Nc2ccccc2OC)cc1Cl. The molecule has 0 unspecified atom stereocenters. The van der Waals surface area contributed by atoms with Crippen LogP contribution in [-0.2, 0) is 0 Å². The van der Waals surface area contributed by atoms with Crippen LogP contribution in [0, 0.1) is 0 Å². The summed E-state index contributed by atoms with van der Waals surface area (Å²) >= 11 is 6.25. The summed E-state index contributed by atoms with van der Waals surface area (Å²) in [5, 5.41) is 8.97. The molecule has 3 rings (SSSR count). The van der Waals surface area contributed by atoms with Gasteiger partial charge < -0.3 is 20.7 Å². The number of carbonyl (C=O) groups is 2. The van der Waals surface area contributed by atoms with Crippen molar-refractivity contribution in [3.05, 3.63) is 76.9 Å². The third-order valence-electron chi connectivity index (χ3n) is 4.42. The number of amides is 2. The van der Waals surface area contributed by atoms with E-state index in [0.29, 0.717) is 40.6 Å². The molecule has 0 radical (unpaired) electrons. The third kappa shape index (κ3) is 5.52. The van der Waals surface area contributed by atoms with Gasteiger partial charge in [-0.05, 0) is 48.9 Å². The Labute approximate surface area is 185 Å². The molecular formula is C23H23ClN4O3. The van der Waals surface area contributed by atoms with E-state index in [4.69, 9.17) is 16.3 Å². The number of para-hydroxylation sites is 2. The van der Waals surface area contributed by atoms with E-state index < -0.39 is 0 Å². The predicted octanol–water partition coefficient (Wildman–Crippen LogP) is 4.88. The van der Waals surface area contributed by atoms with Crippen LogP contribution in [0.15, 0.2) is 60.8 Å². The molecule has 8 heteroatoms. The number of nitrogens with one attached hydrogen (secondary N) is 3. The minimum atomic E-state index is -0.371. The number of anilines is 3. The maximum atomic E-state index is 12.9. The van der Waals surface area contributed by atoms with Crippen LogP contribution in [0.1, 0.15) is 34.1 Å². The fourth-order valence-corrected chi connectivity index (χ4v) is 3.14. The van der Waals surface area contributed by atoms with E-state index in [1.165, 1.54) is 0 Å². The molecule has 3 aromatic rings. The molecule has 0 atom stereocenters. The van der Waals surface area contributed by atoms with Crippen LogP contribution in [0.3, 0.4) is 0 Å². The largest absolute Gasteiger partial charge is 0.495 e. The summed E-state index contributed by atoms with van der Waals surface area (Å²) < 4.78 is 5.34. The number of nitrogens with zero attached hydrogens (tertiary/aromatic N) is 1. The molecule has 2 amide bonds. The van der Waals surface area contributed by atoms with Gasteiger partial charge in [-0.25, -0.2) is 4.98 Å². The molecule has 0 bridgehead atoms. The number of benzene rings is 2. The van der Waals surface area contributed by atoms with Gasteiger partial charge >= 0.3 is 0 Å². The van der Waals surface area contributed by atoms with Crippen LogP contribution in [0.25, 0.3) is 0 Å². The molecule has 0 saturated heterocycles. The lowest BCUT2D eigenvalue weighted by Gasteiger charge is -2.14. The Morgan fingerprint density at radius 2 is 1.84 bits per heavy atom. The van der Waals surface area contributed by atoms with E-state index in [1.54, 1.807) is 43.6 Å². The van der Waals surface area contributed by atoms with E-state index in [-0.39, 0.29) is 16.8 Å². The molecule has 3 N–H and O–H groups in total. The molecule has 31 heavy (non-hydrogen) atoms.